The summed E-state index contributed by atoms with van der Waals surface area (Å²) in [6.07, 6.45) is 3.53. The molecule has 2 aromatic heterocycles. The molecule has 178 valence electrons. The number of hydrogen-bond acceptors (Lipinski definition) is 9. The Kier molecular flexibility index (Phi) is 5.96. The summed E-state index contributed by atoms with van der Waals surface area (Å²) >= 11 is 1.60. The number of morpholine rings is 1. The number of nitrogens with zero attached hydrogens (tertiary/aromatic N) is 4. The fourth-order valence-electron chi connectivity index (χ4n) is 4.51. The zero-order valence-electron chi connectivity index (χ0n) is 19.1. The van der Waals surface area contributed by atoms with E-state index < -0.39 is 0 Å². The van der Waals surface area contributed by atoms with Crippen LogP contribution < -0.4 is 15.8 Å². The minimum absolute atomic E-state index is 0.0600. The van der Waals surface area contributed by atoms with Crippen LogP contribution in [-0.2, 0) is 17.7 Å². The third-order valence-electron chi connectivity index (χ3n) is 6.23. The lowest BCUT2D eigenvalue weighted by atomic mass is 10.0. The van der Waals surface area contributed by atoms with Crippen molar-refractivity contribution in [3.63, 3.8) is 0 Å². The number of fused-ring (bicyclic) bond motifs is 3. The number of amides is 2. The van der Waals surface area contributed by atoms with Gasteiger partial charge in [0.25, 0.3) is 0 Å². The molecule has 10 nitrogen and oxygen atoms in total. The van der Waals surface area contributed by atoms with E-state index in [2.05, 4.69) is 15.3 Å². The van der Waals surface area contributed by atoms with Gasteiger partial charge in [0.1, 0.15) is 22.7 Å². The van der Waals surface area contributed by atoms with Crippen LogP contribution in [0, 0.1) is 5.41 Å². The molecule has 1 atom stereocenters. The molecular weight excluding hydrogens is 454 g/mol. The summed E-state index contributed by atoms with van der Waals surface area (Å²) in [5.74, 6) is 1.23. The number of carbonyl (C=O) groups excluding carboxylic acids is 1. The Balaban J connectivity index is 1.45. The molecule has 4 heterocycles. The first-order valence-corrected chi connectivity index (χ1v) is 12.0. The molecule has 0 radical (unpaired) electrons. The number of nitrogens with two attached hydrogens (primary N) is 1. The first-order valence-electron chi connectivity index (χ1n) is 11.1. The summed E-state index contributed by atoms with van der Waals surface area (Å²) in [6.45, 7) is 5.02. The van der Waals surface area contributed by atoms with Crippen molar-refractivity contribution in [3.8, 4) is 5.75 Å². The zero-order chi connectivity index (χ0) is 23.8. The Morgan fingerprint density at radius 2 is 2.21 bits per heavy atom. The lowest BCUT2D eigenvalue weighted by molar-refractivity contribution is -0.00967. The van der Waals surface area contributed by atoms with Gasteiger partial charge in [-0.1, -0.05) is 0 Å². The number of anilines is 3. The SMILES string of the molecule is COc1cc(N)c(C=N)cc1Nc1ncnc2sc3c(c12)CCN(C(=O)N1CCOC(C)C1)C3. The van der Waals surface area contributed by atoms with Gasteiger partial charge in [-0.05, 0) is 25.0 Å². The van der Waals surface area contributed by atoms with Crippen molar-refractivity contribution in [2.45, 2.75) is 26.0 Å². The maximum absolute atomic E-state index is 13.1. The predicted octanol–water partition coefficient (Wildman–Crippen LogP) is 3.22. The number of rotatable bonds is 4. The molecule has 1 saturated heterocycles. The molecule has 11 heteroatoms. The van der Waals surface area contributed by atoms with Gasteiger partial charge in [0.05, 0.1) is 37.4 Å². The van der Waals surface area contributed by atoms with Crippen molar-refractivity contribution in [2.24, 2.45) is 0 Å². The highest BCUT2D eigenvalue weighted by Crippen LogP contribution is 2.40. The van der Waals surface area contributed by atoms with E-state index >= 15 is 0 Å². The number of methoxy groups -OCH3 is 1. The summed E-state index contributed by atoms with van der Waals surface area (Å²) < 4.78 is 11.1. The van der Waals surface area contributed by atoms with Crippen molar-refractivity contribution in [1.29, 1.82) is 5.41 Å². The Hall–Kier alpha value is -3.44. The molecule has 3 aromatic rings. The number of aromatic nitrogens is 2. The third kappa shape index (κ3) is 4.01. The fraction of sp³-hybridized carbons (Fsp3) is 0.391. The number of thiophene rings is 1. The first-order chi connectivity index (χ1) is 16.5. The molecule has 2 amide bonds. The van der Waals surface area contributed by atoms with Gasteiger partial charge in [-0.15, -0.1) is 11.3 Å². The predicted molar refractivity (Wildman–Crippen MR) is 132 cm³/mol. The number of benzene rings is 1. The quantitative estimate of drug-likeness (QED) is 0.385. The Morgan fingerprint density at radius 1 is 1.35 bits per heavy atom. The largest absolute Gasteiger partial charge is 0.494 e. The standard InChI is InChI=1S/C23H27N7O3S/c1-13-10-30(5-6-33-13)23(31)29-4-3-15-19(11-29)34-22-20(15)21(26-12-27-22)28-17-7-14(9-24)16(25)8-18(17)32-2/h7-9,12-13,24H,3-6,10-11,25H2,1-2H3,(H,26,27,28). The van der Waals surface area contributed by atoms with Crippen molar-refractivity contribution in [2.75, 3.05) is 44.4 Å². The molecule has 0 spiro atoms. The van der Waals surface area contributed by atoms with E-state index in [1.165, 1.54) is 18.1 Å². The van der Waals surface area contributed by atoms with Gasteiger partial charge >= 0.3 is 6.03 Å². The lowest BCUT2D eigenvalue weighted by Crippen LogP contribution is -2.51. The van der Waals surface area contributed by atoms with Crippen molar-refractivity contribution < 1.29 is 14.3 Å². The molecule has 4 N–H and O–H groups in total. The van der Waals surface area contributed by atoms with E-state index in [0.29, 0.717) is 61.3 Å². The van der Waals surface area contributed by atoms with Gasteiger partial charge in [0.15, 0.2) is 0 Å². The van der Waals surface area contributed by atoms with Gasteiger partial charge in [-0.25, -0.2) is 14.8 Å². The Labute approximate surface area is 201 Å². The molecular formula is C23H27N7O3S. The summed E-state index contributed by atoms with van der Waals surface area (Å²) in [5.41, 5.74) is 8.91. The van der Waals surface area contributed by atoms with Gasteiger partial charge in [-0.3, -0.25) is 0 Å². The second kappa shape index (κ2) is 9.07. The summed E-state index contributed by atoms with van der Waals surface area (Å²) in [4.78, 5) is 27.9. The molecule has 2 aliphatic heterocycles. The van der Waals surface area contributed by atoms with Gasteiger partial charge in [0, 0.05) is 48.0 Å². The molecule has 1 unspecified atom stereocenters. The minimum atomic E-state index is 0.0600. The molecule has 34 heavy (non-hydrogen) atoms. The van der Waals surface area contributed by atoms with Crippen LogP contribution in [0.2, 0.25) is 0 Å². The normalized spacial score (nSPS) is 18.0. The molecule has 5 rings (SSSR count). The Morgan fingerprint density at radius 3 is 2.97 bits per heavy atom. The second-order valence-corrected chi connectivity index (χ2v) is 9.52. The van der Waals surface area contributed by atoms with Crippen LogP contribution >= 0.6 is 11.3 Å². The van der Waals surface area contributed by atoms with E-state index in [0.717, 1.165) is 21.5 Å². The maximum Gasteiger partial charge on any atom is 0.320 e. The monoisotopic (exact) mass is 481 g/mol. The molecule has 1 aromatic carbocycles. The van der Waals surface area contributed by atoms with Crippen LogP contribution in [0.15, 0.2) is 18.5 Å². The molecule has 0 saturated carbocycles. The first kappa shape index (κ1) is 22.4. The average Bonchev–Trinajstić information content (AvgIpc) is 3.23. The van der Waals surface area contributed by atoms with Crippen LogP contribution in [0.4, 0.5) is 22.0 Å². The Bertz CT molecular complexity index is 1260. The van der Waals surface area contributed by atoms with Crippen molar-refractivity contribution in [1.82, 2.24) is 19.8 Å². The third-order valence-corrected chi connectivity index (χ3v) is 7.36. The number of urea groups is 1. The number of carbonyl (C=O) groups is 1. The zero-order valence-corrected chi connectivity index (χ0v) is 19.9. The lowest BCUT2D eigenvalue weighted by Gasteiger charge is -2.36. The maximum atomic E-state index is 13.1. The van der Waals surface area contributed by atoms with E-state index in [1.54, 1.807) is 30.6 Å². The smallest absolute Gasteiger partial charge is 0.320 e. The van der Waals surface area contributed by atoms with Gasteiger partial charge < -0.3 is 35.7 Å². The summed E-state index contributed by atoms with van der Waals surface area (Å²) in [5, 5.41) is 11.9. The van der Waals surface area contributed by atoms with Crippen LogP contribution in [0.25, 0.3) is 10.2 Å². The van der Waals surface area contributed by atoms with Crippen LogP contribution in [-0.4, -0.2) is 71.5 Å². The molecule has 0 bridgehead atoms. The minimum Gasteiger partial charge on any atom is -0.494 e. The van der Waals surface area contributed by atoms with Crippen molar-refractivity contribution >= 4 is 51.0 Å². The van der Waals surface area contributed by atoms with E-state index in [4.69, 9.17) is 20.6 Å². The molecule has 2 aliphatic rings. The van der Waals surface area contributed by atoms with E-state index in [9.17, 15) is 4.79 Å². The topological polar surface area (TPSA) is 130 Å². The van der Waals surface area contributed by atoms with Gasteiger partial charge in [0.2, 0.25) is 0 Å². The number of ether oxygens (including phenoxy) is 2. The fourth-order valence-corrected chi connectivity index (χ4v) is 5.71. The second-order valence-electron chi connectivity index (χ2n) is 8.44. The van der Waals surface area contributed by atoms with E-state index in [1.807, 2.05) is 16.7 Å². The van der Waals surface area contributed by atoms with Crippen LogP contribution in [0.3, 0.4) is 0 Å². The van der Waals surface area contributed by atoms with Crippen LogP contribution in [0.1, 0.15) is 22.9 Å². The van der Waals surface area contributed by atoms with Crippen molar-refractivity contribution in [3.05, 3.63) is 34.5 Å². The van der Waals surface area contributed by atoms with E-state index in [-0.39, 0.29) is 12.1 Å². The highest BCUT2D eigenvalue weighted by atomic mass is 32.1. The average molecular weight is 482 g/mol. The van der Waals surface area contributed by atoms with Crippen LogP contribution in [0.5, 0.6) is 5.75 Å². The van der Waals surface area contributed by atoms with Gasteiger partial charge in [-0.2, -0.15) is 0 Å². The molecule has 1 fully saturated rings. The molecule has 0 aliphatic carbocycles. The summed E-state index contributed by atoms with van der Waals surface area (Å²) in [6, 6.07) is 3.53. The highest BCUT2D eigenvalue weighted by Gasteiger charge is 2.30. The number of nitrogen functional groups attached to an aromatic ring is 1. The highest BCUT2D eigenvalue weighted by molar-refractivity contribution is 7.19. The number of nitrogens with one attached hydrogen (secondary N) is 2. The number of hydrogen-bond donors (Lipinski definition) is 3. The summed E-state index contributed by atoms with van der Waals surface area (Å²) in [7, 11) is 1.58.